The average Bonchev–Trinajstić information content (AvgIpc) is 3.22. The zero-order chi connectivity index (χ0) is 24.2. The van der Waals surface area contributed by atoms with Gasteiger partial charge in [0.15, 0.2) is 18.5 Å². The number of carbonyl (C=O) groups excluding carboxylic acids is 3. The Morgan fingerprint density at radius 3 is 2.44 bits per heavy atom. The third-order valence-corrected chi connectivity index (χ3v) is 6.78. The number of esters is 1. The second kappa shape index (κ2) is 10.8. The first-order valence-electron chi connectivity index (χ1n) is 12.1. The lowest BCUT2D eigenvalue weighted by atomic mass is 10.0. The fourth-order valence-corrected chi connectivity index (χ4v) is 4.90. The van der Waals surface area contributed by atoms with Gasteiger partial charge in [0.05, 0.1) is 13.7 Å². The van der Waals surface area contributed by atoms with Gasteiger partial charge in [-0.3, -0.25) is 14.5 Å². The highest BCUT2D eigenvalue weighted by atomic mass is 16.7. The number of morpholine rings is 1. The standard InChI is InChI=1S/C25H35N3O6/c1-17(2)15-19(25(31)32-3)28-16-20-33-21(22(34-20)24(28)30)23(29)27-13-11-26(12-14-27)10-9-18-7-5-4-6-8-18/h4-8,17,19-22H,9-16H2,1-3H3/t19-,20+,21+,22+/m0/s1. The molecule has 4 atom stereocenters. The molecule has 4 rings (SSSR count). The van der Waals surface area contributed by atoms with Crippen LogP contribution in [0.2, 0.25) is 0 Å². The molecule has 3 aliphatic heterocycles. The summed E-state index contributed by atoms with van der Waals surface area (Å²) in [6, 6.07) is 9.65. The topological polar surface area (TPSA) is 88.6 Å². The number of ether oxygens (including phenoxy) is 3. The third kappa shape index (κ3) is 5.42. The molecule has 3 fully saturated rings. The zero-order valence-corrected chi connectivity index (χ0v) is 20.2. The van der Waals surface area contributed by atoms with Gasteiger partial charge in [0.2, 0.25) is 0 Å². The summed E-state index contributed by atoms with van der Waals surface area (Å²) in [5, 5.41) is 0. The predicted octanol–water partition coefficient (Wildman–Crippen LogP) is 0.913. The Kier molecular flexibility index (Phi) is 7.85. The minimum Gasteiger partial charge on any atom is -0.467 e. The molecule has 0 spiro atoms. The van der Waals surface area contributed by atoms with Crippen molar-refractivity contribution in [3.8, 4) is 0 Å². The second-order valence-electron chi connectivity index (χ2n) is 9.60. The summed E-state index contributed by atoms with van der Waals surface area (Å²) >= 11 is 0. The molecule has 3 saturated heterocycles. The second-order valence-corrected chi connectivity index (χ2v) is 9.60. The van der Waals surface area contributed by atoms with Crippen molar-refractivity contribution in [1.29, 1.82) is 0 Å². The number of carbonyl (C=O) groups is 3. The highest BCUT2D eigenvalue weighted by Crippen LogP contribution is 2.31. The lowest BCUT2D eigenvalue weighted by Gasteiger charge is -2.37. The molecule has 0 aliphatic carbocycles. The lowest BCUT2D eigenvalue weighted by molar-refractivity contribution is -0.174. The summed E-state index contributed by atoms with van der Waals surface area (Å²) in [4.78, 5) is 44.5. The lowest BCUT2D eigenvalue weighted by Crippen LogP contribution is -2.58. The van der Waals surface area contributed by atoms with Gasteiger partial charge in [-0.1, -0.05) is 44.2 Å². The summed E-state index contributed by atoms with van der Waals surface area (Å²) in [6.45, 7) is 7.74. The molecule has 3 aliphatic rings. The Bertz CT molecular complexity index is 871. The summed E-state index contributed by atoms with van der Waals surface area (Å²) in [7, 11) is 1.32. The van der Waals surface area contributed by atoms with Crippen LogP contribution in [0.3, 0.4) is 0 Å². The number of piperazine rings is 1. The van der Waals surface area contributed by atoms with E-state index < -0.39 is 30.5 Å². The van der Waals surface area contributed by atoms with Crippen LogP contribution in [0.1, 0.15) is 25.8 Å². The van der Waals surface area contributed by atoms with Crippen molar-refractivity contribution in [2.75, 3.05) is 46.4 Å². The number of methoxy groups -OCH3 is 1. The first-order valence-corrected chi connectivity index (χ1v) is 12.1. The SMILES string of the molecule is COC(=O)[C@H](CC(C)C)N1C[C@@H]2O[C@@H](C(=O)N3CCN(CCc4ccccc4)CC3)[C@@H](O2)C1=O. The molecular weight excluding hydrogens is 438 g/mol. The van der Waals surface area contributed by atoms with Crippen molar-refractivity contribution in [3.63, 3.8) is 0 Å². The number of hydrogen-bond acceptors (Lipinski definition) is 7. The van der Waals surface area contributed by atoms with E-state index >= 15 is 0 Å². The van der Waals surface area contributed by atoms with Gasteiger partial charge < -0.3 is 24.0 Å². The maximum atomic E-state index is 13.3. The number of benzene rings is 1. The molecule has 186 valence electrons. The maximum absolute atomic E-state index is 13.3. The minimum absolute atomic E-state index is 0.110. The first-order chi connectivity index (χ1) is 16.4. The van der Waals surface area contributed by atoms with Crippen LogP contribution in [-0.4, -0.2) is 103 Å². The molecule has 0 N–H and O–H groups in total. The van der Waals surface area contributed by atoms with Crippen LogP contribution in [-0.2, 0) is 35.0 Å². The van der Waals surface area contributed by atoms with E-state index in [9.17, 15) is 14.4 Å². The van der Waals surface area contributed by atoms with Crippen LogP contribution >= 0.6 is 0 Å². The van der Waals surface area contributed by atoms with E-state index in [1.807, 2.05) is 32.0 Å². The van der Waals surface area contributed by atoms with Crippen LogP contribution in [0.5, 0.6) is 0 Å². The molecular formula is C25H35N3O6. The molecule has 34 heavy (non-hydrogen) atoms. The number of rotatable bonds is 8. The Labute approximate surface area is 200 Å². The molecule has 0 saturated carbocycles. The van der Waals surface area contributed by atoms with Crippen LogP contribution < -0.4 is 0 Å². The highest BCUT2D eigenvalue weighted by Gasteiger charge is 2.54. The fraction of sp³-hybridized carbons (Fsp3) is 0.640. The first kappa shape index (κ1) is 24.6. The molecule has 0 aromatic heterocycles. The summed E-state index contributed by atoms with van der Waals surface area (Å²) < 4.78 is 16.5. The Balaban J connectivity index is 1.33. The number of fused-ring (bicyclic) bond motifs is 2. The molecule has 9 heteroatoms. The van der Waals surface area contributed by atoms with Crippen LogP contribution in [0.15, 0.2) is 30.3 Å². The average molecular weight is 474 g/mol. The van der Waals surface area contributed by atoms with Crippen molar-refractivity contribution in [3.05, 3.63) is 35.9 Å². The molecule has 9 nitrogen and oxygen atoms in total. The van der Waals surface area contributed by atoms with E-state index in [1.54, 1.807) is 4.90 Å². The molecule has 3 heterocycles. The smallest absolute Gasteiger partial charge is 0.328 e. The highest BCUT2D eigenvalue weighted by molar-refractivity contribution is 5.94. The molecule has 1 aromatic carbocycles. The Hall–Kier alpha value is -2.49. The van der Waals surface area contributed by atoms with Gasteiger partial charge in [-0.2, -0.15) is 0 Å². The van der Waals surface area contributed by atoms with Crippen LogP contribution in [0.4, 0.5) is 0 Å². The van der Waals surface area contributed by atoms with E-state index in [1.165, 1.54) is 17.6 Å². The predicted molar refractivity (Wildman–Crippen MR) is 124 cm³/mol. The van der Waals surface area contributed by atoms with Gasteiger partial charge >= 0.3 is 5.97 Å². The van der Waals surface area contributed by atoms with Crippen LogP contribution in [0, 0.1) is 5.92 Å². The van der Waals surface area contributed by atoms with E-state index in [-0.39, 0.29) is 24.3 Å². The van der Waals surface area contributed by atoms with Crippen molar-refractivity contribution in [1.82, 2.24) is 14.7 Å². The summed E-state index contributed by atoms with van der Waals surface area (Å²) in [5.41, 5.74) is 1.30. The van der Waals surface area contributed by atoms with Crippen LogP contribution in [0.25, 0.3) is 0 Å². The molecule has 1 aromatic rings. The van der Waals surface area contributed by atoms with Crippen molar-refractivity contribution in [2.24, 2.45) is 5.92 Å². The quantitative estimate of drug-likeness (QED) is 0.519. The van der Waals surface area contributed by atoms with Gasteiger partial charge in [0, 0.05) is 32.7 Å². The molecule has 0 radical (unpaired) electrons. The Morgan fingerprint density at radius 1 is 1.09 bits per heavy atom. The summed E-state index contributed by atoms with van der Waals surface area (Å²) in [6.07, 6.45) is -1.28. The van der Waals surface area contributed by atoms with Crippen molar-refractivity contribution in [2.45, 2.75) is 51.2 Å². The zero-order valence-electron chi connectivity index (χ0n) is 20.2. The van der Waals surface area contributed by atoms with Gasteiger partial charge in [-0.15, -0.1) is 0 Å². The van der Waals surface area contributed by atoms with Gasteiger partial charge in [0.1, 0.15) is 6.04 Å². The number of amides is 2. The number of nitrogens with zero attached hydrogens (tertiary/aromatic N) is 3. The number of hydrogen-bond donors (Lipinski definition) is 0. The molecule has 2 amide bonds. The van der Waals surface area contributed by atoms with Gasteiger partial charge in [-0.05, 0) is 24.3 Å². The molecule has 2 bridgehead atoms. The van der Waals surface area contributed by atoms with E-state index in [2.05, 4.69) is 17.0 Å². The Morgan fingerprint density at radius 2 is 1.79 bits per heavy atom. The van der Waals surface area contributed by atoms with E-state index in [0.717, 1.165) is 26.1 Å². The van der Waals surface area contributed by atoms with Gasteiger partial charge in [0.25, 0.3) is 11.8 Å². The maximum Gasteiger partial charge on any atom is 0.328 e. The largest absolute Gasteiger partial charge is 0.467 e. The van der Waals surface area contributed by atoms with Gasteiger partial charge in [-0.25, -0.2) is 4.79 Å². The van der Waals surface area contributed by atoms with Crippen molar-refractivity contribution >= 4 is 17.8 Å². The third-order valence-electron chi connectivity index (χ3n) is 6.78. The van der Waals surface area contributed by atoms with E-state index in [4.69, 9.17) is 14.2 Å². The monoisotopic (exact) mass is 473 g/mol. The normalized spacial score (nSPS) is 26.1. The van der Waals surface area contributed by atoms with E-state index in [0.29, 0.717) is 19.5 Å². The van der Waals surface area contributed by atoms with Crippen molar-refractivity contribution < 1.29 is 28.6 Å². The fourth-order valence-electron chi connectivity index (χ4n) is 4.90. The minimum atomic E-state index is -1.03. The molecule has 0 unspecified atom stereocenters. The summed E-state index contributed by atoms with van der Waals surface area (Å²) in [5.74, 6) is -0.875.